The molecule has 0 saturated heterocycles. The van der Waals surface area contributed by atoms with E-state index in [1.165, 1.54) is 19.3 Å². The van der Waals surface area contributed by atoms with Gasteiger partial charge in [0.15, 0.2) is 11.6 Å². The van der Waals surface area contributed by atoms with E-state index in [0.717, 1.165) is 31.4 Å². The van der Waals surface area contributed by atoms with E-state index in [2.05, 4.69) is 6.92 Å². The highest BCUT2D eigenvalue weighted by atomic mass is 19.2. The van der Waals surface area contributed by atoms with Gasteiger partial charge < -0.3 is 9.47 Å². The Labute approximate surface area is 191 Å². The molecule has 0 aromatic heterocycles. The van der Waals surface area contributed by atoms with Crippen LogP contribution < -0.4 is 4.74 Å². The summed E-state index contributed by atoms with van der Waals surface area (Å²) in [6.07, 6.45) is 7.46. The van der Waals surface area contributed by atoms with E-state index in [1.54, 1.807) is 43.3 Å². The summed E-state index contributed by atoms with van der Waals surface area (Å²) in [4.78, 5) is 11.7. The zero-order valence-corrected chi connectivity index (χ0v) is 19.6. The zero-order chi connectivity index (χ0) is 23.3. The monoisotopic (exact) mass is 446 g/mol. The molecule has 0 bridgehead atoms. The molecule has 0 aliphatic rings. The van der Waals surface area contributed by atoms with Crippen molar-refractivity contribution in [2.24, 2.45) is 0 Å². The smallest absolute Gasteiger partial charge is 0.306 e. The van der Waals surface area contributed by atoms with Crippen LogP contribution in [0.1, 0.15) is 77.7 Å². The first-order chi connectivity index (χ1) is 15.5. The van der Waals surface area contributed by atoms with Crippen molar-refractivity contribution in [2.45, 2.75) is 84.7 Å². The lowest BCUT2D eigenvalue weighted by Crippen LogP contribution is -2.18. The summed E-state index contributed by atoms with van der Waals surface area (Å²) >= 11 is 0. The van der Waals surface area contributed by atoms with Crippen molar-refractivity contribution >= 4 is 5.97 Å². The Morgan fingerprint density at radius 3 is 2.25 bits per heavy atom. The number of benzene rings is 2. The normalized spacial score (nSPS) is 11.9. The Morgan fingerprint density at radius 2 is 1.56 bits per heavy atom. The first-order valence-corrected chi connectivity index (χ1v) is 11.9. The quantitative estimate of drug-likeness (QED) is 0.221. The molecule has 0 fully saturated rings. The largest absolute Gasteiger partial charge is 0.494 e. The van der Waals surface area contributed by atoms with Gasteiger partial charge in [0.1, 0.15) is 11.9 Å². The third-order valence-corrected chi connectivity index (χ3v) is 5.42. The molecule has 1 atom stereocenters. The highest BCUT2D eigenvalue weighted by Crippen LogP contribution is 2.28. The van der Waals surface area contributed by atoms with E-state index >= 15 is 0 Å². The molecular weight excluding hydrogens is 410 g/mol. The van der Waals surface area contributed by atoms with Crippen LogP contribution in [0.4, 0.5) is 8.78 Å². The standard InChI is InChI=1S/C27H36F2O3/c1-4-6-8-9-10-18-31-23-15-12-21(13-16-23)24-17-14-22(26(28)27(24)29)19-20(3)32-25(30)11-7-5-2/h12-17,20H,4-11,18-19H2,1-3H3. The average Bonchev–Trinajstić information content (AvgIpc) is 2.78. The predicted molar refractivity (Wildman–Crippen MR) is 125 cm³/mol. The van der Waals surface area contributed by atoms with Gasteiger partial charge in [-0.25, -0.2) is 8.78 Å². The van der Waals surface area contributed by atoms with Crippen LogP contribution in [0, 0.1) is 11.6 Å². The molecule has 3 nitrogen and oxygen atoms in total. The number of rotatable bonds is 14. The summed E-state index contributed by atoms with van der Waals surface area (Å²) in [7, 11) is 0. The van der Waals surface area contributed by atoms with Gasteiger partial charge in [-0.05, 0) is 43.0 Å². The first-order valence-electron chi connectivity index (χ1n) is 11.9. The van der Waals surface area contributed by atoms with Crippen LogP contribution in [-0.2, 0) is 16.0 Å². The maximum Gasteiger partial charge on any atom is 0.306 e. The van der Waals surface area contributed by atoms with Gasteiger partial charge in [0, 0.05) is 18.4 Å². The molecule has 0 aliphatic carbocycles. The Bertz CT molecular complexity index is 834. The Morgan fingerprint density at radius 1 is 0.875 bits per heavy atom. The number of carbonyl (C=O) groups excluding carboxylic acids is 1. The van der Waals surface area contributed by atoms with Crippen molar-refractivity contribution in [1.82, 2.24) is 0 Å². The van der Waals surface area contributed by atoms with Crippen LogP contribution in [0.15, 0.2) is 36.4 Å². The lowest BCUT2D eigenvalue weighted by molar-refractivity contribution is -0.148. The molecule has 0 aliphatic heterocycles. The van der Waals surface area contributed by atoms with Crippen molar-refractivity contribution < 1.29 is 23.0 Å². The topological polar surface area (TPSA) is 35.5 Å². The van der Waals surface area contributed by atoms with Gasteiger partial charge in [0.05, 0.1) is 6.61 Å². The molecule has 2 aromatic carbocycles. The lowest BCUT2D eigenvalue weighted by atomic mass is 10.00. The van der Waals surface area contributed by atoms with Gasteiger partial charge >= 0.3 is 5.97 Å². The highest BCUT2D eigenvalue weighted by molar-refractivity contribution is 5.69. The van der Waals surface area contributed by atoms with Crippen LogP contribution in [0.3, 0.4) is 0 Å². The molecule has 0 amide bonds. The summed E-state index contributed by atoms with van der Waals surface area (Å²) in [6, 6.07) is 10.2. The molecule has 0 saturated carbocycles. The molecular formula is C27H36F2O3. The number of esters is 1. The molecule has 32 heavy (non-hydrogen) atoms. The summed E-state index contributed by atoms with van der Waals surface area (Å²) < 4.78 is 40.5. The van der Waals surface area contributed by atoms with Crippen LogP contribution in [0.5, 0.6) is 5.75 Å². The minimum absolute atomic E-state index is 0.131. The summed E-state index contributed by atoms with van der Waals surface area (Å²) in [5.41, 5.74) is 0.984. The van der Waals surface area contributed by atoms with Gasteiger partial charge in [0.2, 0.25) is 0 Å². The van der Waals surface area contributed by atoms with Gasteiger partial charge in [-0.3, -0.25) is 4.79 Å². The maximum absolute atomic E-state index is 14.8. The number of hydrogen-bond acceptors (Lipinski definition) is 3. The van der Waals surface area contributed by atoms with Gasteiger partial charge in [-0.1, -0.05) is 70.2 Å². The van der Waals surface area contributed by atoms with E-state index < -0.39 is 17.7 Å². The molecule has 0 N–H and O–H groups in total. The van der Waals surface area contributed by atoms with E-state index in [4.69, 9.17) is 9.47 Å². The van der Waals surface area contributed by atoms with E-state index in [1.807, 2.05) is 6.92 Å². The maximum atomic E-state index is 14.8. The van der Waals surface area contributed by atoms with Gasteiger partial charge in [0.25, 0.3) is 0 Å². The highest BCUT2D eigenvalue weighted by Gasteiger charge is 2.18. The van der Waals surface area contributed by atoms with Crippen LogP contribution >= 0.6 is 0 Å². The number of hydrogen-bond donors (Lipinski definition) is 0. The molecule has 5 heteroatoms. The van der Waals surface area contributed by atoms with Crippen LogP contribution in [0.25, 0.3) is 11.1 Å². The minimum atomic E-state index is -0.897. The van der Waals surface area contributed by atoms with Gasteiger partial charge in [-0.15, -0.1) is 0 Å². The van der Waals surface area contributed by atoms with Crippen LogP contribution in [0.2, 0.25) is 0 Å². The molecule has 0 spiro atoms. The predicted octanol–water partition coefficient (Wildman–Crippen LogP) is 7.65. The first kappa shape index (κ1) is 25.8. The second kappa shape index (κ2) is 13.9. The van der Waals surface area contributed by atoms with Gasteiger partial charge in [-0.2, -0.15) is 0 Å². The second-order valence-electron chi connectivity index (χ2n) is 8.30. The summed E-state index contributed by atoms with van der Waals surface area (Å²) in [5, 5.41) is 0. The summed E-state index contributed by atoms with van der Waals surface area (Å²) in [6.45, 7) is 6.53. The lowest BCUT2D eigenvalue weighted by Gasteiger charge is -2.15. The minimum Gasteiger partial charge on any atom is -0.494 e. The Balaban J connectivity index is 1.95. The molecule has 2 aromatic rings. The zero-order valence-electron chi connectivity index (χ0n) is 19.6. The molecule has 2 rings (SSSR count). The van der Waals surface area contributed by atoms with Crippen molar-refractivity contribution in [2.75, 3.05) is 6.61 Å². The van der Waals surface area contributed by atoms with E-state index in [-0.39, 0.29) is 23.5 Å². The average molecular weight is 447 g/mol. The second-order valence-corrected chi connectivity index (χ2v) is 8.30. The number of unbranched alkanes of at least 4 members (excludes halogenated alkanes) is 5. The van der Waals surface area contributed by atoms with Crippen molar-refractivity contribution in [3.8, 4) is 16.9 Å². The van der Waals surface area contributed by atoms with E-state index in [9.17, 15) is 13.6 Å². The number of ether oxygens (including phenoxy) is 2. The third-order valence-electron chi connectivity index (χ3n) is 5.42. The Kier molecular flexibility index (Phi) is 11.2. The fourth-order valence-corrected chi connectivity index (χ4v) is 3.55. The van der Waals surface area contributed by atoms with Crippen molar-refractivity contribution in [1.29, 1.82) is 0 Å². The number of halogens is 2. The molecule has 0 heterocycles. The SMILES string of the molecule is CCCCCCCOc1ccc(-c2ccc(CC(C)OC(=O)CCCC)c(F)c2F)cc1. The van der Waals surface area contributed by atoms with Crippen LogP contribution in [-0.4, -0.2) is 18.7 Å². The fourth-order valence-electron chi connectivity index (χ4n) is 3.55. The van der Waals surface area contributed by atoms with Crippen molar-refractivity contribution in [3.05, 3.63) is 53.6 Å². The van der Waals surface area contributed by atoms with Crippen molar-refractivity contribution in [3.63, 3.8) is 0 Å². The van der Waals surface area contributed by atoms with E-state index in [0.29, 0.717) is 18.6 Å². The molecule has 0 radical (unpaired) electrons. The third kappa shape index (κ3) is 8.25. The molecule has 176 valence electrons. The molecule has 1 unspecified atom stereocenters. The summed E-state index contributed by atoms with van der Waals surface area (Å²) in [5.74, 6) is -1.37. The fraction of sp³-hybridized carbons (Fsp3) is 0.519. The number of carbonyl (C=O) groups is 1. The Hall–Kier alpha value is -2.43.